The van der Waals surface area contributed by atoms with Crippen LogP contribution >= 0.6 is 7.60 Å². The van der Waals surface area contributed by atoms with Crippen LogP contribution in [0.5, 0.6) is 0 Å². The summed E-state index contributed by atoms with van der Waals surface area (Å²) in [6.45, 7) is 5.21. The van der Waals surface area contributed by atoms with Gasteiger partial charge >= 0.3 is 37.2 Å². The van der Waals surface area contributed by atoms with E-state index in [0.29, 0.717) is 11.1 Å². The quantitative estimate of drug-likeness (QED) is 0.525. The number of hydrogen-bond acceptors (Lipinski definition) is 2. The maximum Gasteiger partial charge on any atom is 1.00 e. The Hall–Kier alpha value is 0.0400. The first-order valence-corrected chi connectivity index (χ1v) is 6.03. The molecule has 0 saturated heterocycles. The van der Waals surface area contributed by atoms with E-state index < -0.39 is 13.1 Å². The fourth-order valence-electron chi connectivity index (χ4n) is 1.66. The molecule has 84 valence electrons. The van der Waals surface area contributed by atoms with Crippen molar-refractivity contribution in [2.24, 2.45) is 0 Å². The average molecular weight is 252 g/mol. The Morgan fingerprint density at radius 1 is 1.19 bits per heavy atom. The maximum absolute atomic E-state index is 11.5. The van der Waals surface area contributed by atoms with Gasteiger partial charge < -0.3 is 11.2 Å². The van der Waals surface area contributed by atoms with Crippen molar-refractivity contribution < 1.29 is 50.1 Å². The monoisotopic (exact) mass is 252 g/mol. The first-order valence-electron chi connectivity index (χ1n) is 4.42. The minimum Gasteiger partial charge on any atom is -1.00 e. The molecule has 1 aromatic rings. The van der Waals surface area contributed by atoms with Gasteiger partial charge in [0.25, 0.3) is 5.52 Å². The summed E-state index contributed by atoms with van der Waals surface area (Å²) in [6, 6.07) is 3.46. The molecule has 0 bridgehead atoms. The van der Waals surface area contributed by atoms with Crippen LogP contribution in [0.1, 0.15) is 28.5 Å². The van der Waals surface area contributed by atoms with Crippen molar-refractivity contribution >= 4 is 13.1 Å². The molecule has 4 nitrogen and oxygen atoms in total. The topological polar surface area (TPSA) is 74.6 Å². The van der Waals surface area contributed by atoms with Gasteiger partial charge in [-0.3, -0.25) is 9.36 Å². The predicted octanol–water partition coefficient (Wildman–Crippen LogP) is -0.954. The molecule has 0 unspecified atom stereocenters. The Labute approximate surface area is 118 Å². The maximum atomic E-state index is 11.5. The first-order chi connectivity index (χ1) is 6.73. The summed E-state index contributed by atoms with van der Waals surface area (Å²) in [5.41, 5.74) is 1.19. The first kappa shape index (κ1) is 16.0. The summed E-state index contributed by atoms with van der Waals surface area (Å²) >= 11 is 0. The van der Waals surface area contributed by atoms with Gasteiger partial charge in [-0.15, -0.1) is 0 Å². The summed E-state index contributed by atoms with van der Waals surface area (Å²) in [4.78, 5) is 29.1. The van der Waals surface area contributed by atoms with Gasteiger partial charge in [-0.25, -0.2) is 0 Å². The van der Waals surface area contributed by atoms with Crippen LogP contribution in [-0.2, 0) is 4.57 Å². The number of carbonyl (C=O) groups excluding carboxylic acids is 1. The third kappa shape index (κ3) is 3.52. The van der Waals surface area contributed by atoms with E-state index in [-0.39, 0.29) is 36.5 Å². The molecule has 1 rings (SSSR count). The molecule has 0 aliphatic rings. The fourth-order valence-corrected chi connectivity index (χ4v) is 2.31. The van der Waals surface area contributed by atoms with Crippen LogP contribution < -0.4 is 29.6 Å². The largest absolute Gasteiger partial charge is 1.00 e. The van der Waals surface area contributed by atoms with Gasteiger partial charge in [0.05, 0.1) is 0 Å². The molecule has 1 aromatic carbocycles. The summed E-state index contributed by atoms with van der Waals surface area (Å²) in [7, 11) is -4.69. The fraction of sp³-hybridized carbons (Fsp3) is 0.300. The van der Waals surface area contributed by atoms with Crippen LogP contribution in [0.4, 0.5) is 0 Å². The molecule has 6 heteroatoms. The second-order valence-corrected chi connectivity index (χ2v) is 5.12. The summed E-state index contributed by atoms with van der Waals surface area (Å²) in [5.74, 6) is 0. The molecule has 0 radical (unpaired) electrons. The van der Waals surface area contributed by atoms with Crippen molar-refractivity contribution in [3.05, 3.63) is 34.4 Å². The SMILES string of the molecule is Cc1cc(C)c(C(=O)P(=O)(O)O)c(C)c1.[H-].[Na+]. The number of aryl methyl sites for hydroxylation is 3. The van der Waals surface area contributed by atoms with Crippen molar-refractivity contribution in [3.63, 3.8) is 0 Å². The van der Waals surface area contributed by atoms with Crippen LogP contribution in [0.3, 0.4) is 0 Å². The second-order valence-electron chi connectivity index (χ2n) is 3.62. The molecule has 0 aliphatic carbocycles. The minimum absolute atomic E-state index is 0. The molecule has 0 saturated carbocycles. The molecule has 0 fully saturated rings. The number of rotatable bonds is 2. The summed E-state index contributed by atoms with van der Waals surface area (Å²) < 4.78 is 10.9. The molecule has 16 heavy (non-hydrogen) atoms. The van der Waals surface area contributed by atoms with Gasteiger partial charge in [-0.05, 0) is 31.9 Å². The van der Waals surface area contributed by atoms with E-state index in [1.54, 1.807) is 26.0 Å². The zero-order chi connectivity index (χ0) is 11.8. The molecule has 0 amide bonds. The summed E-state index contributed by atoms with van der Waals surface area (Å²) in [6.07, 6.45) is 0. The second kappa shape index (κ2) is 5.58. The van der Waals surface area contributed by atoms with Crippen molar-refractivity contribution in [1.29, 1.82) is 0 Å². The van der Waals surface area contributed by atoms with Crippen molar-refractivity contribution in [3.8, 4) is 0 Å². The van der Waals surface area contributed by atoms with E-state index in [1.165, 1.54) is 0 Å². The van der Waals surface area contributed by atoms with Gasteiger partial charge in [0.15, 0.2) is 0 Å². The van der Waals surface area contributed by atoms with Crippen LogP contribution in [0, 0.1) is 20.8 Å². The molecule has 0 aromatic heterocycles. The van der Waals surface area contributed by atoms with Crippen molar-refractivity contribution in [1.82, 2.24) is 0 Å². The van der Waals surface area contributed by atoms with Gasteiger partial charge in [0.2, 0.25) is 0 Å². The Kier molecular flexibility index (Phi) is 5.60. The van der Waals surface area contributed by atoms with Crippen LogP contribution in [0.25, 0.3) is 0 Å². The molecule has 0 atom stereocenters. The predicted molar refractivity (Wildman–Crippen MR) is 58.1 cm³/mol. The van der Waals surface area contributed by atoms with E-state index in [2.05, 4.69) is 0 Å². The molecular weight excluding hydrogens is 238 g/mol. The zero-order valence-electron chi connectivity index (χ0n) is 10.8. The van der Waals surface area contributed by atoms with Crippen LogP contribution in [0.15, 0.2) is 12.1 Å². The van der Waals surface area contributed by atoms with Crippen molar-refractivity contribution in [2.45, 2.75) is 20.8 Å². The Balaban J connectivity index is 0. The third-order valence-electron chi connectivity index (χ3n) is 2.16. The molecule has 0 spiro atoms. The molecule has 0 heterocycles. The third-order valence-corrected chi connectivity index (χ3v) is 2.91. The zero-order valence-corrected chi connectivity index (χ0v) is 12.7. The molecule has 2 N–H and O–H groups in total. The van der Waals surface area contributed by atoms with E-state index in [0.717, 1.165) is 5.56 Å². The van der Waals surface area contributed by atoms with Gasteiger partial charge in [0.1, 0.15) is 0 Å². The summed E-state index contributed by atoms with van der Waals surface area (Å²) in [5, 5.41) is 0. The van der Waals surface area contributed by atoms with Crippen LogP contribution in [0.2, 0.25) is 0 Å². The van der Waals surface area contributed by atoms with Crippen LogP contribution in [-0.4, -0.2) is 15.3 Å². The van der Waals surface area contributed by atoms with Gasteiger partial charge in [-0.1, -0.05) is 17.7 Å². The standard InChI is InChI=1S/C10H13O4P.Na.H/c1-6-4-7(2)9(8(3)5-6)10(11)15(12,13)14;;/h4-5H,1-3H3,(H2,12,13,14);;/q;+1;-1. The Morgan fingerprint density at radius 3 is 1.88 bits per heavy atom. The van der Waals surface area contributed by atoms with E-state index in [4.69, 9.17) is 9.79 Å². The van der Waals surface area contributed by atoms with E-state index in [9.17, 15) is 9.36 Å². The number of benzene rings is 1. The Bertz CT molecular complexity index is 446. The van der Waals surface area contributed by atoms with Gasteiger partial charge in [-0.2, -0.15) is 0 Å². The average Bonchev–Trinajstić information content (AvgIpc) is 1.99. The van der Waals surface area contributed by atoms with Crippen molar-refractivity contribution in [2.75, 3.05) is 0 Å². The minimum atomic E-state index is -4.69. The number of hydrogen-bond donors (Lipinski definition) is 2. The number of carbonyl (C=O) groups is 1. The Morgan fingerprint density at radius 2 is 1.56 bits per heavy atom. The molecular formula is C10H14NaO4P. The van der Waals surface area contributed by atoms with Gasteiger partial charge in [0, 0.05) is 5.56 Å². The van der Waals surface area contributed by atoms with E-state index >= 15 is 0 Å². The smallest absolute Gasteiger partial charge is 1.00 e. The normalized spacial score (nSPS) is 10.8. The van der Waals surface area contributed by atoms with E-state index in [1.807, 2.05) is 6.92 Å². The molecule has 0 aliphatic heterocycles.